The summed E-state index contributed by atoms with van der Waals surface area (Å²) in [5.41, 5.74) is 0.269. The van der Waals surface area contributed by atoms with Gasteiger partial charge in [0, 0.05) is 35.1 Å². The van der Waals surface area contributed by atoms with Crippen molar-refractivity contribution in [3.8, 4) is 0 Å². The smallest absolute Gasteiger partial charge is 0.287 e. The van der Waals surface area contributed by atoms with Crippen LogP contribution in [0.2, 0.25) is 10.0 Å². The van der Waals surface area contributed by atoms with Crippen LogP contribution in [0, 0.1) is 0 Å². The van der Waals surface area contributed by atoms with Gasteiger partial charge in [0.25, 0.3) is 11.8 Å². The van der Waals surface area contributed by atoms with Gasteiger partial charge in [-0.25, -0.2) is 0 Å². The number of nitrogens with zero attached hydrogens (tertiary/aromatic N) is 1. The number of carbonyl (C=O) groups excluding carboxylic acids is 1. The standard InChI is InChI=1S/C18H16Cl2F2N2O/c1-18(21,22)16-13(3-2-8-23-16)17(25)24-15-7-6-12(15)11-5-4-10(19)9-14(11)20/h2-5,8-9,12,15H,6-7H2,1H3,(H,24,25)/t12-,15-/m0/s1. The summed E-state index contributed by atoms with van der Waals surface area (Å²) in [6, 6.07) is 7.91. The third-order valence-corrected chi connectivity index (χ3v) is 4.98. The van der Waals surface area contributed by atoms with Crippen LogP contribution in [0.3, 0.4) is 0 Å². The van der Waals surface area contributed by atoms with Gasteiger partial charge >= 0.3 is 0 Å². The second-order valence-corrected chi connectivity index (χ2v) is 7.06. The van der Waals surface area contributed by atoms with E-state index in [9.17, 15) is 13.6 Å². The molecule has 3 nitrogen and oxygen atoms in total. The topological polar surface area (TPSA) is 42.0 Å². The molecule has 1 N–H and O–H groups in total. The summed E-state index contributed by atoms with van der Waals surface area (Å²) in [5, 5.41) is 3.91. The Balaban J connectivity index is 1.78. The van der Waals surface area contributed by atoms with Crippen LogP contribution in [-0.2, 0) is 5.92 Å². The Bertz CT molecular complexity index is 808. The number of benzene rings is 1. The lowest BCUT2D eigenvalue weighted by atomic mass is 9.75. The van der Waals surface area contributed by atoms with Crippen molar-refractivity contribution in [2.24, 2.45) is 0 Å². The number of alkyl halides is 2. The zero-order valence-electron chi connectivity index (χ0n) is 13.4. The third-order valence-electron chi connectivity index (χ3n) is 4.42. The second kappa shape index (κ2) is 6.89. The first kappa shape index (κ1) is 18.1. The monoisotopic (exact) mass is 384 g/mol. The first-order valence-electron chi connectivity index (χ1n) is 7.86. The number of rotatable bonds is 4. The fourth-order valence-corrected chi connectivity index (χ4v) is 3.58. The summed E-state index contributed by atoms with van der Waals surface area (Å²) in [5.74, 6) is -3.70. The van der Waals surface area contributed by atoms with Gasteiger partial charge in [-0.15, -0.1) is 0 Å². The fraction of sp³-hybridized carbons (Fsp3) is 0.333. The van der Waals surface area contributed by atoms with E-state index in [0.717, 1.165) is 25.3 Å². The molecule has 1 heterocycles. The van der Waals surface area contributed by atoms with Crippen LogP contribution in [0.15, 0.2) is 36.5 Å². The quantitative estimate of drug-likeness (QED) is 0.789. The molecule has 0 unspecified atom stereocenters. The lowest BCUT2D eigenvalue weighted by Crippen LogP contribution is -2.46. The highest BCUT2D eigenvalue weighted by molar-refractivity contribution is 6.35. The van der Waals surface area contributed by atoms with Gasteiger partial charge in [0.1, 0.15) is 5.69 Å². The largest absolute Gasteiger partial charge is 0.349 e. The van der Waals surface area contributed by atoms with Crippen LogP contribution in [-0.4, -0.2) is 16.9 Å². The molecule has 0 saturated heterocycles. The lowest BCUT2D eigenvalue weighted by Gasteiger charge is -2.38. The minimum atomic E-state index is -3.19. The van der Waals surface area contributed by atoms with E-state index >= 15 is 0 Å². The molecule has 0 radical (unpaired) electrons. The summed E-state index contributed by atoms with van der Waals surface area (Å²) in [4.78, 5) is 16.2. The van der Waals surface area contributed by atoms with E-state index in [0.29, 0.717) is 10.0 Å². The van der Waals surface area contributed by atoms with Gasteiger partial charge in [-0.2, -0.15) is 8.78 Å². The Morgan fingerprint density at radius 2 is 2.04 bits per heavy atom. The van der Waals surface area contributed by atoms with Crippen molar-refractivity contribution in [3.05, 3.63) is 63.4 Å². The van der Waals surface area contributed by atoms with E-state index in [1.165, 1.54) is 18.3 Å². The van der Waals surface area contributed by atoms with Gasteiger partial charge in [0.2, 0.25) is 0 Å². The molecule has 132 valence electrons. The molecule has 3 rings (SSSR count). The summed E-state index contributed by atoms with van der Waals surface area (Å²) in [6.07, 6.45) is 2.87. The molecule has 1 saturated carbocycles. The van der Waals surface area contributed by atoms with Crippen LogP contribution in [0.5, 0.6) is 0 Å². The molecule has 1 aliphatic carbocycles. The molecule has 1 fully saturated rings. The van der Waals surface area contributed by atoms with Crippen molar-refractivity contribution in [1.29, 1.82) is 0 Å². The van der Waals surface area contributed by atoms with E-state index in [1.807, 2.05) is 6.07 Å². The van der Waals surface area contributed by atoms with Crippen LogP contribution >= 0.6 is 23.2 Å². The maximum atomic E-state index is 13.7. The molecule has 1 aliphatic rings. The molecular weight excluding hydrogens is 369 g/mol. The Labute approximate surface area is 154 Å². The summed E-state index contributed by atoms with van der Waals surface area (Å²) < 4.78 is 27.3. The van der Waals surface area contributed by atoms with Crippen LogP contribution < -0.4 is 5.32 Å². The van der Waals surface area contributed by atoms with Crippen molar-refractivity contribution in [3.63, 3.8) is 0 Å². The van der Waals surface area contributed by atoms with Gasteiger partial charge in [0.05, 0.1) is 5.56 Å². The summed E-state index contributed by atoms with van der Waals surface area (Å²) >= 11 is 12.1. The van der Waals surface area contributed by atoms with E-state index in [4.69, 9.17) is 23.2 Å². The minimum absolute atomic E-state index is 0.0379. The molecule has 1 aromatic carbocycles. The SMILES string of the molecule is CC(F)(F)c1ncccc1C(=O)N[C@H]1CC[C@H]1c1ccc(Cl)cc1Cl. The highest BCUT2D eigenvalue weighted by atomic mass is 35.5. The number of carbonyl (C=O) groups is 1. The summed E-state index contributed by atoms with van der Waals surface area (Å²) in [7, 11) is 0. The summed E-state index contributed by atoms with van der Waals surface area (Å²) in [6.45, 7) is 0.728. The average Bonchev–Trinajstić information content (AvgIpc) is 2.53. The Morgan fingerprint density at radius 1 is 1.28 bits per heavy atom. The van der Waals surface area contributed by atoms with E-state index < -0.39 is 17.5 Å². The third kappa shape index (κ3) is 3.77. The average molecular weight is 385 g/mol. The van der Waals surface area contributed by atoms with E-state index in [-0.39, 0.29) is 17.5 Å². The maximum Gasteiger partial charge on any atom is 0.287 e. The molecule has 0 spiro atoms. The molecule has 2 aromatic rings. The van der Waals surface area contributed by atoms with Crippen LogP contribution in [0.1, 0.15) is 47.3 Å². The first-order chi connectivity index (χ1) is 11.8. The highest BCUT2D eigenvalue weighted by Gasteiger charge is 2.37. The minimum Gasteiger partial charge on any atom is -0.349 e. The van der Waals surface area contributed by atoms with Gasteiger partial charge in [-0.05, 0) is 42.7 Å². The number of hydrogen-bond donors (Lipinski definition) is 1. The number of nitrogens with one attached hydrogen (secondary N) is 1. The Morgan fingerprint density at radius 3 is 2.64 bits per heavy atom. The molecule has 2 atom stereocenters. The Kier molecular flexibility index (Phi) is 4.98. The molecule has 7 heteroatoms. The second-order valence-electron chi connectivity index (χ2n) is 6.22. The maximum absolute atomic E-state index is 13.7. The van der Waals surface area contributed by atoms with Crippen molar-refractivity contribution in [1.82, 2.24) is 10.3 Å². The predicted molar refractivity (Wildman–Crippen MR) is 93.5 cm³/mol. The van der Waals surface area contributed by atoms with Crippen molar-refractivity contribution in [2.75, 3.05) is 0 Å². The van der Waals surface area contributed by atoms with Crippen LogP contribution in [0.4, 0.5) is 8.78 Å². The van der Waals surface area contributed by atoms with E-state index in [2.05, 4.69) is 10.3 Å². The zero-order chi connectivity index (χ0) is 18.2. The van der Waals surface area contributed by atoms with Gasteiger partial charge in [-0.3, -0.25) is 9.78 Å². The molecule has 1 aromatic heterocycles. The lowest BCUT2D eigenvalue weighted by molar-refractivity contribution is 0.0115. The van der Waals surface area contributed by atoms with Gasteiger partial charge in [0.15, 0.2) is 0 Å². The number of pyridine rings is 1. The fourth-order valence-electron chi connectivity index (χ4n) is 3.03. The number of hydrogen-bond acceptors (Lipinski definition) is 2. The van der Waals surface area contributed by atoms with Crippen molar-refractivity contribution < 1.29 is 13.6 Å². The number of amides is 1. The molecular formula is C18H16Cl2F2N2O. The molecule has 0 aliphatic heterocycles. The van der Waals surface area contributed by atoms with Crippen molar-refractivity contribution in [2.45, 2.75) is 37.6 Å². The number of aromatic nitrogens is 1. The number of halogens is 4. The molecule has 0 bridgehead atoms. The highest BCUT2D eigenvalue weighted by Crippen LogP contribution is 2.41. The van der Waals surface area contributed by atoms with E-state index in [1.54, 1.807) is 12.1 Å². The predicted octanol–water partition coefficient (Wildman–Crippen LogP) is 5.18. The van der Waals surface area contributed by atoms with Gasteiger partial charge < -0.3 is 5.32 Å². The first-order valence-corrected chi connectivity index (χ1v) is 8.62. The van der Waals surface area contributed by atoms with Crippen LogP contribution in [0.25, 0.3) is 0 Å². The zero-order valence-corrected chi connectivity index (χ0v) is 14.9. The molecule has 25 heavy (non-hydrogen) atoms. The van der Waals surface area contributed by atoms with Crippen molar-refractivity contribution >= 4 is 29.1 Å². The molecule has 1 amide bonds. The van der Waals surface area contributed by atoms with Gasteiger partial charge in [-0.1, -0.05) is 29.3 Å². The Hall–Kier alpha value is -1.72. The normalized spacial score (nSPS) is 20.0.